The maximum atomic E-state index is 10.9. The highest BCUT2D eigenvalue weighted by molar-refractivity contribution is 5.87. The summed E-state index contributed by atoms with van der Waals surface area (Å²) in [5.41, 5.74) is 0.694. The fraction of sp³-hybridized carbons (Fsp3) is 0.286. The van der Waals surface area contributed by atoms with Crippen LogP contribution in [0, 0.1) is 0 Å². The Hall–Kier alpha value is -1.85. The van der Waals surface area contributed by atoms with Crippen molar-refractivity contribution in [3.05, 3.63) is 17.5 Å². The Labute approximate surface area is 73.8 Å². The molecule has 0 saturated carbocycles. The number of hydrogen-bond donors (Lipinski definition) is 1. The first kappa shape index (κ1) is 9.24. The number of esters is 1. The largest absolute Gasteiger partial charge is 0.464 e. The lowest BCUT2D eigenvalue weighted by atomic mass is 10.4. The number of rotatable bonds is 4. The first-order chi connectivity index (χ1) is 6.27. The van der Waals surface area contributed by atoms with Crippen LogP contribution in [0.15, 0.2) is 6.07 Å². The summed E-state index contributed by atoms with van der Waals surface area (Å²) >= 11 is 0. The Morgan fingerprint density at radius 1 is 1.77 bits per heavy atom. The predicted molar refractivity (Wildman–Crippen MR) is 40.8 cm³/mol. The highest BCUT2D eigenvalue weighted by Gasteiger charge is 2.09. The lowest BCUT2D eigenvalue weighted by Gasteiger charge is -1.91. The van der Waals surface area contributed by atoms with Gasteiger partial charge >= 0.3 is 5.97 Å². The number of carbonyl (C=O) groups is 2. The van der Waals surface area contributed by atoms with Gasteiger partial charge in [0.05, 0.1) is 12.8 Å². The Balaban J connectivity index is 2.63. The SMILES string of the molecule is COC(=O)c1cc(COC=O)[nH]n1. The fourth-order valence-corrected chi connectivity index (χ4v) is 0.768. The fourth-order valence-electron chi connectivity index (χ4n) is 0.768. The van der Waals surface area contributed by atoms with E-state index >= 15 is 0 Å². The Kier molecular flexibility index (Phi) is 3.02. The van der Waals surface area contributed by atoms with Crippen LogP contribution in [-0.4, -0.2) is 29.7 Å². The molecule has 0 aliphatic heterocycles. The highest BCUT2D eigenvalue weighted by atomic mass is 16.5. The molecule has 1 aromatic rings. The average Bonchev–Trinajstić information content (AvgIpc) is 2.62. The topological polar surface area (TPSA) is 81.3 Å². The minimum Gasteiger partial charge on any atom is -0.464 e. The molecule has 0 bridgehead atoms. The van der Waals surface area contributed by atoms with Crippen molar-refractivity contribution in [3.8, 4) is 0 Å². The summed E-state index contributed by atoms with van der Waals surface area (Å²) in [4.78, 5) is 20.7. The molecule has 0 aliphatic rings. The van der Waals surface area contributed by atoms with E-state index < -0.39 is 5.97 Å². The van der Waals surface area contributed by atoms with Gasteiger partial charge in [-0.15, -0.1) is 0 Å². The van der Waals surface area contributed by atoms with Gasteiger partial charge in [-0.3, -0.25) is 9.89 Å². The third kappa shape index (κ3) is 2.29. The molecular formula is C7H8N2O4. The first-order valence-electron chi connectivity index (χ1n) is 3.45. The van der Waals surface area contributed by atoms with Crippen LogP contribution in [0.5, 0.6) is 0 Å². The second-order valence-corrected chi connectivity index (χ2v) is 2.18. The van der Waals surface area contributed by atoms with Gasteiger partial charge in [0.2, 0.25) is 0 Å². The quantitative estimate of drug-likeness (QED) is 0.520. The second-order valence-electron chi connectivity index (χ2n) is 2.18. The molecule has 0 unspecified atom stereocenters. The van der Waals surface area contributed by atoms with Crippen LogP contribution in [-0.2, 0) is 20.9 Å². The Bertz CT molecular complexity index is 307. The summed E-state index contributed by atoms with van der Waals surface area (Å²) in [5.74, 6) is -0.534. The molecule has 6 heteroatoms. The van der Waals surface area contributed by atoms with Crippen molar-refractivity contribution >= 4 is 12.4 Å². The molecule has 0 spiro atoms. The van der Waals surface area contributed by atoms with Crippen molar-refractivity contribution in [2.24, 2.45) is 0 Å². The van der Waals surface area contributed by atoms with Gasteiger partial charge in [-0.1, -0.05) is 0 Å². The van der Waals surface area contributed by atoms with Crippen molar-refractivity contribution in [3.63, 3.8) is 0 Å². The monoisotopic (exact) mass is 184 g/mol. The molecule has 0 aliphatic carbocycles. The number of aromatic nitrogens is 2. The summed E-state index contributed by atoms with van der Waals surface area (Å²) in [7, 11) is 1.26. The van der Waals surface area contributed by atoms with Crippen LogP contribution in [0.25, 0.3) is 0 Å². The summed E-state index contributed by atoms with van der Waals surface area (Å²) < 4.78 is 8.86. The molecule has 1 rings (SSSR count). The van der Waals surface area contributed by atoms with E-state index in [1.807, 2.05) is 0 Å². The molecule has 0 aromatic carbocycles. The first-order valence-corrected chi connectivity index (χ1v) is 3.45. The molecule has 1 heterocycles. The average molecular weight is 184 g/mol. The zero-order chi connectivity index (χ0) is 9.68. The maximum Gasteiger partial charge on any atom is 0.358 e. The van der Waals surface area contributed by atoms with Gasteiger partial charge in [0.25, 0.3) is 6.47 Å². The lowest BCUT2D eigenvalue weighted by Crippen LogP contribution is -2.00. The summed E-state index contributed by atoms with van der Waals surface area (Å²) in [5, 5.41) is 6.17. The van der Waals surface area contributed by atoms with Crippen molar-refractivity contribution < 1.29 is 19.1 Å². The van der Waals surface area contributed by atoms with E-state index in [-0.39, 0.29) is 12.3 Å². The van der Waals surface area contributed by atoms with Crippen LogP contribution in [0.3, 0.4) is 0 Å². The van der Waals surface area contributed by atoms with Crippen molar-refractivity contribution in [1.29, 1.82) is 0 Å². The Morgan fingerprint density at radius 2 is 2.54 bits per heavy atom. The molecular weight excluding hydrogens is 176 g/mol. The van der Waals surface area contributed by atoms with Crippen molar-refractivity contribution in [2.75, 3.05) is 7.11 Å². The number of hydrogen-bond acceptors (Lipinski definition) is 5. The molecule has 1 N–H and O–H groups in total. The molecule has 13 heavy (non-hydrogen) atoms. The molecule has 0 atom stereocenters. The number of ether oxygens (including phenoxy) is 2. The van der Waals surface area contributed by atoms with E-state index in [2.05, 4.69) is 19.7 Å². The van der Waals surface area contributed by atoms with E-state index in [4.69, 9.17) is 0 Å². The van der Waals surface area contributed by atoms with Gasteiger partial charge in [0, 0.05) is 0 Å². The molecule has 70 valence electrons. The number of aromatic amines is 1. The van der Waals surface area contributed by atoms with Gasteiger partial charge in [-0.25, -0.2) is 4.79 Å². The van der Waals surface area contributed by atoms with Crippen LogP contribution < -0.4 is 0 Å². The normalized spacial score (nSPS) is 9.31. The van der Waals surface area contributed by atoms with E-state index in [1.54, 1.807) is 0 Å². The smallest absolute Gasteiger partial charge is 0.358 e. The van der Waals surface area contributed by atoms with Crippen LogP contribution in [0.4, 0.5) is 0 Å². The molecule has 0 saturated heterocycles. The van der Waals surface area contributed by atoms with Crippen molar-refractivity contribution in [1.82, 2.24) is 10.2 Å². The maximum absolute atomic E-state index is 10.9. The number of nitrogens with zero attached hydrogens (tertiary/aromatic N) is 1. The van der Waals surface area contributed by atoms with E-state index in [9.17, 15) is 9.59 Å². The highest BCUT2D eigenvalue weighted by Crippen LogP contribution is 2.01. The zero-order valence-electron chi connectivity index (χ0n) is 6.94. The molecule has 0 amide bonds. The van der Waals surface area contributed by atoms with E-state index in [1.165, 1.54) is 13.2 Å². The summed E-state index contributed by atoms with van der Waals surface area (Å²) in [6, 6.07) is 1.45. The third-order valence-electron chi connectivity index (χ3n) is 1.33. The van der Waals surface area contributed by atoms with Crippen LogP contribution in [0.2, 0.25) is 0 Å². The standard InChI is InChI=1S/C7H8N2O4/c1-12-7(11)6-2-5(8-9-6)3-13-4-10/h2,4H,3H2,1H3,(H,8,9). The van der Waals surface area contributed by atoms with Gasteiger partial charge in [-0.05, 0) is 6.07 Å². The number of methoxy groups -OCH3 is 1. The summed E-state index contributed by atoms with van der Waals surface area (Å²) in [6.07, 6.45) is 0. The second kappa shape index (κ2) is 4.24. The minimum atomic E-state index is -0.534. The van der Waals surface area contributed by atoms with Gasteiger partial charge in [-0.2, -0.15) is 5.10 Å². The minimum absolute atomic E-state index is 0.0630. The predicted octanol–water partition coefficient (Wildman–Crippen LogP) is -0.131. The number of carbonyl (C=O) groups excluding carboxylic acids is 2. The van der Waals surface area contributed by atoms with Gasteiger partial charge < -0.3 is 9.47 Å². The van der Waals surface area contributed by atoms with Gasteiger partial charge in [0.1, 0.15) is 6.61 Å². The van der Waals surface area contributed by atoms with E-state index in [0.29, 0.717) is 12.2 Å². The van der Waals surface area contributed by atoms with Gasteiger partial charge in [0.15, 0.2) is 5.69 Å². The molecule has 0 radical (unpaired) electrons. The third-order valence-corrected chi connectivity index (χ3v) is 1.33. The summed E-state index contributed by atoms with van der Waals surface area (Å²) in [6.45, 7) is 0.381. The molecule has 6 nitrogen and oxygen atoms in total. The van der Waals surface area contributed by atoms with E-state index in [0.717, 1.165) is 0 Å². The zero-order valence-corrected chi connectivity index (χ0v) is 6.94. The number of H-pyrrole nitrogens is 1. The molecule has 0 fully saturated rings. The lowest BCUT2D eigenvalue weighted by molar-refractivity contribution is -0.129. The molecule has 1 aromatic heterocycles. The Morgan fingerprint density at radius 3 is 3.15 bits per heavy atom. The number of nitrogens with one attached hydrogen (secondary N) is 1. The van der Waals surface area contributed by atoms with Crippen LogP contribution >= 0.6 is 0 Å². The van der Waals surface area contributed by atoms with Crippen LogP contribution in [0.1, 0.15) is 16.2 Å². The van der Waals surface area contributed by atoms with Crippen molar-refractivity contribution in [2.45, 2.75) is 6.61 Å².